The first-order valence-electron chi connectivity index (χ1n) is 15.2. The first-order valence-corrected chi connectivity index (χ1v) is 17.8. The van der Waals surface area contributed by atoms with Crippen molar-refractivity contribution in [3.63, 3.8) is 0 Å². The number of nitrogens with zero attached hydrogens (tertiary/aromatic N) is 2. The van der Waals surface area contributed by atoms with Crippen LogP contribution in [0.25, 0.3) is 0 Å². The van der Waals surface area contributed by atoms with Crippen LogP contribution in [-0.4, -0.2) is 56.6 Å². The summed E-state index contributed by atoms with van der Waals surface area (Å²) < 4.78 is 35.4. The monoisotopic (exact) mass is 637 g/mol. The van der Waals surface area contributed by atoms with Gasteiger partial charge in [-0.15, -0.1) is 11.8 Å². The zero-order chi connectivity index (χ0) is 31.7. The lowest BCUT2D eigenvalue weighted by Gasteiger charge is -2.33. The maximum atomic E-state index is 14.3. The number of sulfonamides is 1. The van der Waals surface area contributed by atoms with E-state index in [1.165, 1.54) is 16.7 Å². The molecule has 4 rings (SSSR count). The molecule has 2 amide bonds. The zero-order valence-corrected chi connectivity index (χ0v) is 27.6. The molecule has 3 aromatic rings. The van der Waals surface area contributed by atoms with Crippen LogP contribution in [0.15, 0.2) is 82.6 Å². The summed E-state index contributed by atoms with van der Waals surface area (Å²) in [7, 11) is -4.20. The number of carbonyl (C=O) groups is 2. The first-order chi connectivity index (χ1) is 21.1. The summed E-state index contributed by atoms with van der Waals surface area (Å²) in [4.78, 5) is 30.3. The highest BCUT2D eigenvalue weighted by atomic mass is 32.2. The smallest absolute Gasteiger partial charge is 0.264 e. The van der Waals surface area contributed by atoms with Crippen molar-refractivity contribution in [2.75, 3.05) is 23.7 Å². The van der Waals surface area contributed by atoms with E-state index < -0.39 is 28.5 Å². The number of thioether (sulfide) groups is 1. The van der Waals surface area contributed by atoms with Gasteiger partial charge in [0.1, 0.15) is 18.3 Å². The molecular weight excluding hydrogens is 595 g/mol. The van der Waals surface area contributed by atoms with Gasteiger partial charge < -0.3 is 15.0 Å². The van der Waals surface area contributed by atoms with Gasteiger partial charge in [-0.1, -0.05) is 61.2 Å². The largest absolute Gasteiger partial charge is 0.492 e. The van der Waals surface area contributed by atoms with Crippen molar-refractivity contribution in [2.45, 2.75) is 81.3 Å². The fourth-order valence-electron chi connectivity index (χ4n) is 5.49. The number of nitrogens with one attached hydrogen (secondary N) is 1. The van der Waals surface area contributed by atoms with Gasteiger partial charge in [0, 0.05) is 17.5 Å². The van der Waals surface area contributed by atoms with Crippen LogP contribution in [0.2, 0.25) is 0 Å². The predicted molar refractivity (Wildman–Crippen MR) is 177 cm³/mol. The normalized spacial score (nSPS) is 14.5. The zero-order valence-electron chi connectivity index (χ0n) is 26.0. The Morgan fingerprint density at radius 3 is 2.36 bits per heavy atom. The van der Waals surface area contributed by atoms with Gasteiger partial charge in [-0.25, -0.2) is 8.42 Å². The lowest BCUT2D eigenvalue weighted by molar-refractivity contribution is -0.139. The Hall–Kier alpha value is -3.50. The van der Waals surface area contributed by atoms with E-state index in [-0.39, 0.29) is 29.1 Å². The van der Waals surface area contributed by atoms with E-state index in [4.69, 9.17) is 4.74 Å². The van der Waals surface area contributed by atoms with Crippen molar-refractivity contribution in [2.24, 2.45) is 0 Å². The predicted octanol–water partition coefficient (Wildman–Crippen LogP) is 6.18. The van der Waals surface area contributed by atoms with E-state index in [1.54, 1.807) is 55.5 Å². The molecule has 44 heavy (non-hydrogen) atoms. The van der Waals surface area contributed by atoms with E-state index in [9.17, 15) is 18.0 Å². The average Bonchev–Trinajstić information content (AvgIpc) is 3.03. The maximum Gasteiger partial charge on any atom is 0.264 e. The van der Waals surface area contributed by atoms with E-state index in [1.807, 2.05) is 44.4 Å². The highest BCUT2D eigenvalue weighted by Crippen LogP contribution is 2.33. The topological polar surface area (TPSA) is 96.0 Å². The second-order valence-corrected chi connectivity index (χ2v) is 13.9. The summed E-state index contributed by atoms with van der Waals surface area (Å²) in [6.07, 6.45) is 7.04. The van der Waals surface area contributed by atoms with E-state index in [0.29, 0.717) is 12.4 Å². The molecule has 8 nitrogen and oxygen atoms in total. The summed E-state index contributed by atoms with van der Waals surface area (Å²) in [6, 6.07) is 20.4. The Morgan fingerprint density at radius 2 is 1.70 bits per heavy atom. The molecule has 0 saturated heterocycles. The second kappa shape index (κ2) is 15.5. The Kier molecular flexibility index (Phi) is 11.7. The molecule has 1 fully saturated rings. The van der Waals surface area contributed by atoms with Crippen LogP contribution in [0, 0.1) is 6.92 Å². The number of rotatable bonds is 13. The maximum absolute atomic E-state index is 14.3. The number of para-hydroxylation sites is 2. The molecule has 0 heterocycles. The van der Waals surface area contributed by atoms with Gasteiger partial charge >= 0.3 is 0 Å². The van der Waals surface area contributed by atoms with Gasteiger partial charge in [-0.05, 0) is 81.8 Å². The summed E-state index contributed by atoms with van der Waals surface area (Å²) in [6.45, 7) is 5.46. The van der Waals surface area contributed by atoms with Crippen LogP contribution in [-0.2, 0) is 26.2 Å². The number of aryl methyl sites for hydroxylation is 1. The van der Waals surface area contributed by atoms with Crippen LogP contribution >= 0.6 is 11.8 Å². The number of hydrogen-bond acceptors (Lipinski definition) is 6. The molecular formula is C34H43N3O5S2. The van der Waals surface area contributed by atoms with Gasteiger partial charge in [0.15, 0.2) is 0 Å². The molecule has 1 N–H and O–H groups in total. The quantitative estimate of drug-likeness (QED) is 0.225. The molecule has 10 heteroatoms. The van der Waals surface area contributed by atoms with E-state index in [2.05, 4.69) is 5.32 Å². The molecule has 0 aliphatic heterocycles. The van der Waals surface area contributed by atoms with Gasteiger partial charge in [-0.2, -0.15) is 0 Å². The van der Waals surface area contributed by atoms with Crippen LogP contribution in [0.3, 0.4) is 0 Å². The number of ether oxygens (including phenoxy) is 1. The lowest BCUT2D eigenvalue weighted by Crippen LogP contribution is -2.53. The highest BCUT2D eigenvalue weighted by molar-refractivity contribution is 7.98. The summed E-state index contributed by atoms with van der Waals surface area (Å²) in [5, 5.41) is 3.14. The van der Waals surface area contributed by atoms with Crippen LogP contribution in [0.5, 0.6) is 5.75 Å². The number of carbonyl (C=O) groups excluding carboxylic acids is 2. The van der Waals surface area contributed by atoms with Gasteiger partial charge in [0.05, 0.1) is 17.2 Å². The highest BCUT2D eigenvalue weighted by Gasteiger charge is 2.34. The second-order valence-electron chi connectivity index (χ2n) is 11.1. The third kappa shape index (κ3) is 8.35. The molecule has 0 unspecified atom stereocenters. The fourth-order valence-corrected chi connectivity index (χ4v) is 7.32. The van der Waals surface area contributed by atoms with Gasteiger partial charge in [0.25, 0.3) is 10.0 Å². The minimum Gasteiger partial charge on any atom is -0.492 e. The van der Waals surface area contributed by atoms with Crippen molar-refractivity contribution in [1.82, 2.24) is 10.2 Å². The van der Waals surface area contributed by atoms with Crippen molar-refractivity contribution < 1.29 is 22.7 Å². The summed E-state index contributed by atoms with van der Waals surface area (Å²) in [5.74, 6) is -0.386. The van der Waals surface area contributed by atoms with Crippen molar-refractivity contribution >= 4 is 39.3 Å². The summed E-state index contributed by atoms with van der Waals surface area (Å²) in [5.41, 5.74) is 2.14. The van der Waals surface area contributed by atoms with Crippen molar-refractivity contribution in [1.29, 1.82) is 0 Å². The van der Waals surface area contributed by atoms with Crippen molar-refractivity contribution in [3.8, 4) is 5.75 Å². The Morgan fingerprint density at radius 1 is 1.00 bits per heavy atom. The number of hydrogen-bond donors (Lipinski definition) is 1. The molecule has 0 radical (unpaired) electrons. The molecule has 0 bridgehead atoms. The Balaban J connectivity index is 1.72. The van der Waals surface area contributed by atoms with Crippen LogP contribution in [0.1, 0.15) is 57.1 Å². The first kappa shape index (κ1) is 33.4. The minimum absolute atomic E-state index is 0.0581. The number of benzene rings is 3. The van der Waals surface area contributed by atoms with Crippen molar-refractivity contribution in [3.05, 3.63) is 83.9 Å². The summed E-state index contributed by atoms with van der Waals surface area (Å²) >= 11 is 1.51. The average molecular weight is 638 g/mol. The molecule has 1 aliphatic carbocycles. The molecule has 236 valence electrons. The molecule has 1 saturated carbocycles. The van der Waals surface area contributed by atoms with Crippen LogP contribution in [0.4, 0.5) is 5.69 Å². The molecule has 0 aromatic heterocycles. The molecule has 1 aliphatic rings. The fraction of sp³-hybridized carbons (Fsp3) is 0.412. The SMILES string of the molecule is CCOc1ccccc1N(CC(=O)N(Cc1cccc(C)c1)[C@@H](C)C(=O)NC1CCCCC1)S(=O)(=O)c1ccc(SC)cc1. The van der Waals surface area contributed by atoms with E-state index in [0.717, 1.165) is 52.4 Å². The van der Waals surface area contributed by atoms with Crippen LogP contribution < -0.4 is 14.4 Å². The Labute approximate surface area is 266 Å². The lowest BCUT2D eigenvalue weighted by atomic mass is 9.95. The molecule has 3 aromatic carbocycles. The number of anilines is 1. The van der Waals surface area contributed by atoms with Gasteiger partial charge in [-0.3, -0.25) is 13.9 Å². The third-order valence-corrected chi connectivity index (χ3v) is 10.4. The third-order valence-electron chi connectivity index (χ3n) is 7.91. The molecule has 1 atom stereocenters. The number of amides is 2. The van der Waals surface area contributed by atoms with Gasteiger partial charge in [0.2, 0.25) is 11.8 Å². The molecule has 0 spiro atoms. The minimum atomic E-state index is -4.20. The standard InChI is InChI=1S/C34H43N3O5S2/c1-5-42-32-17-10-9-16-31(32)37(44(40,41)30-20-18-29(43-4)19-21-30)24-33(38)36(23-27-13-11-12-25(2)22-27)26(3)34(39)35-28-14-7-6-8-15-28/h9-13,16-22,26,28H,5-8,14-15,23-24H2,1-4H3,(H,35,39)/t26-/m0/s1. The van der Waals surface area contributed by atoms with E-state index >= 15 is 0 Å². The Bertz CT molecular complexity index is 1520.